The Kier molecular flexibility index (Phi) is 2.02. The number of hydrogen-bond acceptors (Lipinski definition) is 1. The van der Waals surface area contributed by atoms with Crippen molar-refractivity contribution in [1.82, 2.24) is 0 Å². The van der Waals surface area contributed by atoms with Crippen molar-refractivity contribution in [3.8, 4) is 0 Å². The zero-order valence-corrected chi connectivity index (χ0v) is 9.55. The summed E-state index contributed by atoms with van der Waals surface area (Å²) < 4.78 is 2.06. The molecule has 2 heteroatoms. The summed E-state index contributed by atoms with van der Waals surface area (Å²) in [5, 5.41) is 3.18. The van der Waals surface area contributed by atoms with Crippen LogP contribution in [0.2, 0.25) is 0 Å². The van der Waals surface area contributed by atoms with Gasteiger partial charge in [0.2, 0.25) is 0 Å². The Bertz CT molecular complexity index is 292. The van der Waals surface area contributed by atoms with Crippen LogP contribution in [-0.2, 0) is 3.42 Å². The van der Waals surface area contributed by atoms with Crippen LogP contribution in [-0.4, -0.2) is 11.5 Å². The van der Waals surface area contributed by atoms with Crippen molar-refractivity contribution in [2.75, 3.05) is 16.8 Å². The number of benzene rings is 1. The summed E-state index contributed by atoms with van der Waals surface area (Å²) in [5.41, 5.74) is 2.77. The standard InChI is InChI=1S/C10H13IN/c1-10(7-11-10)8-4-3-5-9(6-8)12-2/h3-6,12H,7H2,1-2H3/q-1/t10-/m0/s1. The van der Waals surface area contributed by atoms with Gasteiger partial charge in [-0.25, -0.2) is 0 Å². The third-order valence-electron chi connectivity index (χ3n) is 2.29. The molecule has 0 saturated carbocycles. The van der Waals surface area contributed by atoms with Crippen LogP contribution in [0.15, 0.2) is 24.3 Å². The Morgan fingerprint density at radius 2 is 2.25 bits per heavy atom. The van der Waals surface area contributed by atoms with E-state index in [9.17, 15) is 0 Å². The molecule has 12 heavy (non-hydrogen) atoms. The Morgan fingerprint density at radius 3 is 2.83 bits per heavy atom. The van der Waals surface area contributed by atoms with Crippen molar-refractivity contribution >= 4 is 5.69 Å². The summed E-state index contributed by atoms with van der Waals surface area (Å²) >= 11 is 0.466. The van der Waals surface area contributed by atoms with Crippen molar-refractivity contribution < 1.29 is 21.2 Å². The van der Waals surface area contributed by atoms with E-state index < -0.39 is 0 Å². The normalized spacial score (nSPS) is 27.5. The number of rotatable bonds is 2. The van der Waals surface area contributed by atoms with E-state index in [0.717, 1.165) is 0 Å². The van der Waals surface area contributed by atoms with Crippen molar-refractivity contribution in [3.63, 3.8) is 0 Å². The van der Waals surface area contributed by atoms with Crippen molar-refractivity contribution in [3.05, 3.63) is 29.8 Å². The maximum absolute atomic E-state index is 3.18. The van der Waals surface area contributed by atoms with E-state index in [-0.39, 0.29) is 0 Å². The molecule has 1 heterocycles. The maximum atomic E-state index is 3.18. The average Bonchev–Trinajstić information content (AvgIpc) is 2.85. The van der Waals surface area contributed by atoms with E-state index >= 15 is 0 Å². The molecule has 66 valence electrons. The van der Waals surface area contributed by atoms with E-state index in [4.69, 9.17) is 0 Å². The number of alkyl halides is 2. The van der Waals surface area contributed by atoms with Gasteiger partial charge in [-0.2, -0.15) is 0 Å². The van der Waals surface area contributed by atoms with E-state index in [1.165, 1.54) is 15.7 Å². The van der Waals surface area contributed by atoms with Crippen LogP contribution < -0.4 is 26.5 Å². The Hall–Kier alpha value is -0.250. The Labute approximate surface area is 83.8 Å². The molecule has 1 atom stereocenters. The molecule has 2 rings (SSSR count). The van der Waals surface area contributed by atoms with Gasteiger partial charge in [0, 0.05) is 0 Å². The molecule has 0 amide bonds. The van der Waals surface area contributed by atoms with E-state index in [1.54, 1.807) is 0 Å². The summed E-state index contributed by atoms with van der Waals surface area (Å²) in [6, 6.07) is 8.81. The Balaban J connectivity index is 2.32. The van der Waals surface area contributed by atoms with Crippen LogP contribution in [0.3, 0.4) is 0 Å². The molecule has 0 unspecified atom stereocenters. The van der Waals surface area contributed by atoms with Gasteiger partial charge in [0.15, 0.2) is 0 Å². The number of halogens is 1. The van der Waals surface area contributed by atoms with Gasteiger partial charge in [-0.15, -0.1) is 0 Å². The van der Waals surface area contributed by atoms with Crippen LogP contribution in [0.25, 0.3) is 0 Å². The predicted octanol–water partition coefficient (Wildman–Crippen LogP) is -0.954. The molecule has 0 aromatic heterocycles. The quantitative estimate of drug-likeness (QED) is 0.541. The zero-order valence-electron chi connectivity index (χ0n) is 7.39. The fraction of sp³-hybridized carbons (Fsp3) is 0.400. The molecule has 1 aromatic carbocycles. The molecule has 1 aliphatic heterocycles. The van der Waals surface area contributed by atoms with Gasteiger partial charge in [0.05, 0.1) is 0 Å². The second kappa shape index (κ2) is 2.91. The predicted molar refractivity (Wildman–Crippen MR) is 48.2 cm³/mol. The van der Waals surface area contributed by atoms with Crippen molar-refractivity contribution in [2.45, 2.75) is 10.3 Å². The molecule has 0 aliphatic carbocycles. The van der Waals surface area contributed by atoms with E-state index in [2.05, 4.69) is 36.5 Å². The topological polar surface area (TPSA) is 12.0 Å². The van der Waals surface area contributed by atoms with Gasteiger partial charge >= 0.3 is 83.9 Å². The summed E-state index contributed by atoms with van der Waals surface area (Å²) in [7, 11) is 1.98. The van der Waals surface area contributed by atoms with Gasteiger partial charge in [-0.1, -0.05) is 0 Å². The van der Waals surface area contributed by atoms with Crippen LogP contribution in [0, 0.1) is 0 Å². The van der Waals surface area contributed by atoms with Crippen LogP contribution in [0.5, 0.6) is 0 Å². The van der Waals surface area contributed by atoms with Crippen molar-refractivity contribution in [2.24, 2.45) is 0 Å². The molecule has 1 aliphatic rings. The van der Waals surface area contributed by atoms with Gasteiger partial charge in [-0.05, 0) is 0 Å². The van der Waals surface area contributed by atoms with Gasteiger partial charge < -0.3 is 0 Å². The summed E-state index contributed by atoms with van der Waals surface area (Å²) in [6.07, 6.45) is 0. The first-order valence-electron chi connectivity index (χ1n) is 4.13. The Morgan fingerprint density at radius 1 is 1.50 bits per heavy atom. The van der Waals surface area contributed by atoms with Crippen molar-refractivity contribution in [1.29, 1.82) is 0 Å². The number of anilines is 1. The number of hydrogen-bond donors (Lipinski definition) is 1. The fourth-order valence-electron chi connectivity index (χ4n) is 1.25. The third kappa shape index (κ3) is 1.44. The first-order valence-corrected chi connectivity index (χ1v) is 6.74. The summed E-state index contributed by atoms with van der Waals surface area (Å²) in [5.74, 6) is 0. The number of nitrogens with one attached hydrogen (secondary N) is 1. The van der Waals surface area contributed by atoms with Gasteiger partial charge in [0.25, 0.3) is 0 Å². The van der Waals surface area contributed by atoms with Crippen LogP contribution in [0.1, 0.15) is 12.5 Å². The minimum atomic E-state index is 0.466. The van der Waals surface area contributed by atoms with Crippen LogP contribution in [0.4, 0.5) is 5.69 Å². The van der Waals surface area contributed by atoms with Gasteiger partial charge in [0.1, 0.15) is 0 Å². The first kappa shape index (κ1) is 8.35. The minimum absolute atomic E-state index is 0.466. The van der Waals surface area contributed by atoms with Gasteiger partial charge in [-0.3, -0.25) is 0 Å². The molecule has 0 bridgehead atoms. The average molecular weight is 274 g/mol. The molecular formula is C10H13IN-. The van der Waals surface area contributed by atoms with E-state index in [1.807, 2.05) is 7.05 Å². The molecule has 1 nitrogen and oxygen atoms in total. The fourth-order valence-corrected chi connectivity index (χ4v) is 3.04. The first-order chi connectivity index (χ1) is 5.74. The second-order valence-corrected chi connectivity index (χ2v) is 7.20. The molecule has 0 radical (unpaired) electrons. The second-order valence-electron chi connectivity index (χ2n) is 3.30. The SMILES string of the molecule is CNc1cccc([C@]2(C)C[I-]2)c1. The molecule has 1 saturated heterocycles. The molecule has 1 fully saturated rings. The zero-order chi connectivity index (χ0) is 8.60. The summed E-state index contributed by atoms with van der Waals surface area (Å²) in [6.45, 7) is 2.38. The molecule has 0 spiro atoms. The van der Waals surface area contributed by atoms with Crippen LogP contribution >= 0.6 is 0 Å². The molecular weight excluding hydrogens is 261 g/mol. The monoisotopic (exact) mass is 274 g/mol. The molecule has 1 N–H and O–H groups in total. The third-order valence-corrected chi connectivity index (χ3v) is 5.96. The molecule has 1 aromatic rings. The van der Waals surface area contributed by atoms with E-state index in [0.29, 0.717) is 24.6 Å². The summed E-state index contributed by atoms with van der Waals surface area (Å²) in [4.78, 5) is 0.